The minimum Gasteiger partial charge on any atom is -0.375 e. The fourth-order valence-corrected chi connectivity index (χ4v) is 1.70. The van der Waals surface area contributed by atoms with Gasteiger partial charge in [-0.25, -0.2) is 4.98 Å². The Balaban J connectivity index is 2.51. The quantitative estimate of drug-likeness (QED) is 0.696. The number of hydrogen-bond acceptors (Lipinski definition) is 7. The predicted octanol–water partition coefficient (Wildman–Crippen LogP) is 0.666. The number of hydrogen-bond donors (Lipinski definition) is 2. The molecule has 0 aromatic carbocycles. The third kappa shape index (κ3) is 1.33. The van der Waals surface area contributed by atoms with E-state index in [-0.39, 0.29) is 5.95 Å². The summed E-state index contributed by atoms with van der Waals surface area (Å²) in [6.45, 7) is 1.82. The average molecular weight is 197 g/mol. The van der Waals surface area contributed by atoms with Crippen LogP contribution in [0.2, 0.25) is 0 Å². The van der Waals surface area contributed by atoms with Crippen LogP contribution in [0, 0.1) is 6.92 Å². The molecule has 68 valence electrons. The highest BCUT2D eigenvalue weighted by molar-refractivity contribution is 7.18. The maximum absolute atomic E-state index is 5.51. The van der Waals surface area contributed by atoms with Gasteiger partial charge in [0, 0.05) is 0 Å². The van der Waals surface area contributed by atoms with Crippen molar-refractivity contribution in [3.63, 3.8) is 0 Å². The van der Waals surface area contributed by atoms with Crippen LogP contribution in [0.1, 0.15) is 5.69 Å². The van der Waals surface area contributed by atoms with Gasteiger partial charge in [-0.15, -0.1) is 0 Å². The number of rotatable bonds is 1. The standard InChI is InChI=1S/C6H7N5OS/c1-2-3(13-6(8)9-2)4-10-5(7)11-12-4/h1H3,(H2,7,11)(H2,8,9). The molecule has 0 aliphatic carbocycles. The zero-order valence-electron chi connectivity index (χ0n) is 6.81. The Morgan fingerprint density at radius 3 is 2.54 bits per heavy atom. The fourth-order valence-electron chi connectivity index (χ4n) is 0.943. The van der Waals surface area contributed by atoms with E-state index in [4.69, 9.17) is 16.0 Å². The zero-order valence-corrected chi connectivity index (χ0v) is 7.63. The fraction of sp³-hybridized carbons (Fsp3) is 0.167. The van der Waals surface area contributed by atoms with E-state index in [0.29, 0.717) is 11.0 Å². The van der Waals surface area contributed by atoms with Gasteiger partial charge >= 0.3 is 0 Å². The van der Waals surface area contributed by atoms with Gasteiger partial charge in [-0.1, -0.05) is 11.3 Å². The highest BCUT2D eigenvalue weighted by atomic mass is 32.1. The molecule has 0 saturated carbocycles. The van der Waals surface area contributed by atoms with Crippen molar-refractivity contribution in [2.24, 2.45) is 0 Å². The van der Waals surface area contributed by atoms with Gasteiger partial charge in [0.1, 0.15) is 4.88 Å². The molecule has 2 aromatic rings. The Hall–Kier alpha value is -1.63. The summed E-state index contributed by atoms with van der Waals surface area (Å²) in [6.07, 6.45) is 0. The molecule has 0 atom stereocenters. The maximum Gasteiger partial charge on any atom is 0.271 e. The first kappa shape index (κ1) is 7.99. The van der Waals surface area contributed by atoms with Gasteiger partial charge < -0.3 is 16.0 Å². The Morgan fingerprint density at radius 1 is 1.31 bits per heavy atom. The van der Waals surface area contributed by atoms with E-state index >= 15 is 0 Å². The molecule has 13 heavy (non-hydrogen) atoms. The molecule has 0 spiro atoms. The number of aromatic nitrogens is 3. The smallest absolute Gasteiger partial charge is 0.271 e. The molecular weight excluding hydrogens is 190 g/mol. The molecule has 2 heterocycles. The molecule has 0 bridgehead atoms. The third-order valence-corrected chi connectivity index (χ3v) is 2.42. The predicted molar refractivity (Wildman–Crippen MR) is 49.0 cm³/mol. The number of thiazole rings is 1. The Bertz CT molecular complexity index is 434. The van der Waals surface area contributed by atoms with Crippen molar-refractivity contribution in [1.29, 1.82) is 0 Å². The summed E-state index contributed by atoms with van der Waals surface area (Å²) in [6, 6.07) is 0. The van der Waals surface area contributed by atoms with Crippen molar-refractivity contribution in [1.82, 2.24) is 15.1 Å². The number of aryl methyl sites for hydroxylation is 1. The van der Waals surface area contributed by atoms with Crippen molar-refractivity contribution in [3.05, 3.63) is 5.69 Å². The van der Waals surface area contributed by atoms with Crippen LogP contribution >= 0.6 is 11.3 Å². The summed E-state index contributed by atoms with van der Waals surface area (Å²) < 4.78 is 4.87. The molecule has 7 heteroatoms. The molecule has 2 aromatic heterocycles. The molecule has 2 rings (SSSR count). The molecule has 0 fully saturated rings. The van der Waals surface area contributed by atoms with Gasteiger partial charge in [-0.05, 0) is 12.1 Å². The third-order valence-electron chi connectivity index (χ3n) is 1.45. The lowest BCUT2D eigenvalue weighted by molar-refractivity contribution is 0.433. The van der Waals surface area contributed by atoms with E-state index in [1.165, 1.54) is 11.3 Å². The SMILES string of the molecule is Cc1nc(N)sc1-c1nc(N)no1. The maximum atomic E-state index is 5.51. The second-order valence-corrected chi connectivity index (χ2v) is 3.46. The highest BCUT2D eigenvalue weighted by Crippen LogP contribution is 2.29. The second-order valence-electron chi connectivity index (χ2n) is 2.42. The van der Waals surface area contributed by atoms with Crippen LogP contribution in [0.4, 0.5) is 11.1 Å². The van der Waals surface area contributed by atoms with Crippen LogP contribution in [0.25, 0.3) is 10.8 Å². The minimum absolute atomic E-state index is 0.112. The number of nitrogen functional groups attached to an aromatic ring is 2. The van der Waals surface area contributed by atoms with Crippen LogP contribution in [-0.4, -0.2) is 15.1 Å². The van der Waals surface area contributed by atoms with Crippen LogP contribution in [0.5, 0.6) is 0 Å². The zero-order chi connectivity index (χ0) is 9.42. The van der Waals surface area contributed by atoms with E-state index < -0.39 is 0 Å². The van der Waals surface area contributed by atoms with Crippen molar-refractivity contribution >= 4 is 22.4 Å². The van der Waals surface area contributed by atoms with E-state index in [0.717, 1.165) is 10.6 Å². The summed E-state index contributed by atoms with van der Waals surface area (Å²) in [7, 11) is 0. The molecule has 0 amide bonds. The largest absolute Gasteiger partial charge is 0.375 e. The lowest BCUT2D eigenvalue weighted by Crippen LogP contribution is -1.85. The molecule has 0 unspecified atom stereocenters. The molecule has 0 aliphatic heterocycles. The average Bonchev–Trinajstić information content (AvgIpc) is 2.58. The van der Waals surface area contributed by atoms with E-state index in [1.807, 2.05) is 6.92 Å². The van der Waals surface area contributed by atoms with Gasteiger partial charge in [0.15, 0.2) is 5.13 Å². The summed E-state index contributed by atoms with van der Waals surface area (Å²) in [4.78, 5) is 8.66. The highest BCUT2D eigenvalue weighted by Gasteiger charge is 2.13. The van der Waals surface area contributed by atoms with E-state index in [1.54, 1.807) is 0 Å². The van der Waals surface area contributed by atoms with Crippen LogP contribution in [0.15, 0.2) is 4.52 Å². The molecule has 6 nitrogen and oxygen atoms in total. The first-order valence-corrected chi connectivity index (χ1v) is 4.31. The van der Waals surface area contributed by atoms with E-state index in [9.17, 15) is 0 Å². The molecular formula is C6H7N5OS. The van der Waals surface area contributed by atoms with Gasteiger partial charge in [0.2, 0.25) is 0 Å². The summed E-state index contributed by atoms with van der Waals surface area (Å²) in [5.41, 5.74) is 11.6. The van der Waals surface area contributed by atoms with Crippen molar-refractivity contribution in [3.8, 4) is 10.8 Å². The van der Waals surface area contributed by atoms with E-state index in [2.05, 4.69) is 15.1 Å². The summed E-state index contributed by atoms with van der Waals surface area (Å²) >= 11 is 1.30. The lowest BCUT2D eigenvalue weighted by atomic mass is 10.4. The van der Waals surface area contributed by atoms with Crippen LogP contribution in [-0.2, 0) is 0 Å². The second kappa shape index (κ2) is 2.70. The first-order chi connectivity index (χ1) is 6.16. The monoisotopic (exact) mass is 197 g/mol. The first-order valence-electron chi connectivity index (χ1n) is 3.49. The number of nitrogens with two attached hydrogens (primary N) is 2. The van der Waals surface area contributed by atoms with Gasteiger partial charge in [0.25, 0.3) is 11.8 Å². The molecule has 0 aliphatic rings. The number of nitrogens with zero attached hydrogens (tertiary/aromatic N) is 3. The van der Waals surface area contributed by atoms with Crippen molar-refractivity contribution in [2.75, 3.05) is 11.5 Å². The van der Waals surface area contributed by atoms with Crippen LogP contribution < -0.4 is 11.5 Å². The van der Waals surface area contributed by atoms with Crippen molar-refractivity contribution in [2.45, 2.75) is 6.92 Å². The minimum atomic E-state index is 0.112. The lowest BCUT2D eigenvalue weighted by Gasteiger charge is -1.85. The molecule has 0 radical (unpaired) electrons. The summed E-state index contributed by atoms with van der Waals surface area (Å²) in [5, 5.41) is 3.95. The van der Waals surface area contributed by atoms with Gasteiger partial charge in [0.05, 0.1) is 5.69 Å². The van der Waals surface area contributed by atoms with Gasteiger partial charge in [-0.3, -0.25) is 0 Å². The Morgan fingerprint density at radius 2 is 2.08 bits per heavy atom. The van der Waals surface area contributed by atoms with Crippen LogP contribution in [0.3, 0.4) is 0 Å². The normalized spacial score (nSPS) is 10.5. The summed E-state index contributed by atoms with van der Waals surface area (Å²) in [5.74, 6) is 0.477. The molecule has 0 saturated heterocycles. The van der Waals surface area contributed by atoms with Crippen molar-refractivity contribution < 1.29 is 4.52 Å². The Kier molecular flexibility index (Phi) is 1.66. The topological polar surface area (TPSA) is 104 Å². The molecule has 4 N–H and O–H groups in total. The number of anilines is 2. The van der Waals surface area contributed by atoms with Gasteiger partial charge in [-0.2, -0.15) is 4.98 Å². The Labute approximate surface area is 77.6 Å².